The van der Waals surface area contributed by atoms with Gasteiger partial charge in [0.1, 0.15) is 11.6 Å². The summed E-state index contributed by atoms with van der Waals surface area (Å²) in [6.45, 7) is 2.00. The zero-order chi connectivity index (χ0) is 12.8. The standard InChI is InChI=1S/C12H14BrFO3/c1-3-17-11(15)6-8-4-10(16-2)5-9(7-13)12(8)14/h4-5H,3,6-7H2,1-2H3. The van der Waals surface area contributed by atoms with Crippen LogP contribution in [0.3, 0.4) is 0 Å². The van der Waals surface area contributed by atoms with Gasteiger partial charge in [0.15, 0.2) is 0 Å². The summed E-state index contributed by atoms with van der Waals surface area (Å²) < 4.78 is 23.7. The van der Waals surface area contributed by atoms with Crippen molar-refractivity contribution in [3.05, 3.63) is 29.1 Å². The Morgan fingerprint density at radius 3 is 2.59 bits per heavy atom. The molecule has 5 heteroatoms. The van der Waals surface area contributed by atoms with Gasteiger partial charge in [0.2, 0.25) is 0 Å². The third-order valence-electron chi connectivity index (χ3n) is 2.22. The number of esters is 1. The number of hydrogen-bond acceptors (Lipinski definition) is 3. The highest BCUT2D eigenvalue weighted by Crippen LogP contribution is 2.23. The Morgan fingerprint density at radius 2 is 2.06 bits per heavy atom. The Balaban J connectivity index is 3.00. The summed E-state index contributed by atoms with van der Waals surface area (Å²) in [4.78, 5) is 11.3. The molecule has 17 heavy (non-hydrogen) atoms. The van der Waals surface area contributed by atoms with Gasteiger partial charge in [0.25, 0.3) is 0 Å². The maximum Gasteiger partial charge on any atom is 0.310 e. The van der Waals surface area contributed by atoms with E-state index in [-0.39, 0.29) is 18.6 Å². The summed E-state index contributed by atoms with van der Waals surface area (Å²) in [5.41, 5.74) is 0.751. The number of halogens is 2. The maximum absolute atomic E-state index is 13.9. The lowest BCUT2D eigenvalue weighted by molar-refractivity contribution is -0.142. The molecule has 1 rings (SSSR count). The molecule has 0 bridgehead atoms. The van der Waals surface area contributed by atoms with E-state index in [2.05, 4.69) is 15.9 Å². The molecule has 0 aromatic heterocycles. The van der Waals surface area contributed by atoms with Crippen molar-refractivity contribution in [3.8, 4) is 5.75 Å². The average molecular weight is 305 g/mol. The van der Waals surface area contributed by atoms with E-state index in [4.69, 9.17) is 9.47 Å². The molecule has 3 nitrogen and oxygen atoms in total. The van der Waals surface area contributed by atoms with Crippen LogP contribution in [-0.4, -0.2) is 19.7 Å². The monoisotopic (exact) mass is 304 g/mol. The van der Waals surface area contributed by atoms with Gasteiger partial charge in [-0.1, -0.05) is 15.9 Å². The smallest absolute Gasteiger partial charge is 0.310 e. The first kappa shape index (κ1) is 14.0. The average Bonchev–Trinajstić information content (AvgIpc) is 2.32. The molecular formula is C12H14BrFO3. The summed E-state index contributed by atoms with van der Waals surface area (Å²) in [5, 5.41) is 0.367. The molecule has 0 heterocycles. The van der Waals surface area contributed by atoms with Gasteiger partial charge in [-0.15, -0.1) is 0 Å². The zero-order valence-electron chi connectivity index (χ0n) is 9.76. The minimum absolute atomic E-state index is 0.0864. The molecule has 0 aliphatic heterocycles. The van der Waals surface area contributed by atoms with E-state index in [1.54, 1.807) is 13.0 Å². The lowest BCUT2D eigenvalue weighted by Gasteiger charge is -2.09. The van der Waals surface area contributed by atoms with Crippen molar-refractivity contribution < 1.29 is 18.7 Å². The first-order valence-electron chi connectivity index (χ1n) is 5.19. The van der Waals surface area contributed by atoms with E-state index >= 15 is 0 Å². The fourth-order valence-corrected chi connectivity index (χ4v) is 1.84. The van der Waals surface area contributed by atoms with Gasteiger partial charge in [-0.25, -0.2) is 4.39 Å². The molecule has 0 aliphatic rings. The molecule has 0 unspecified atom stereocenters. The van der Waals surface area contributed by atoms with Crippen molar-refractivity contribution in [1.82, 2.24) is 0 Å². The van der Waals surface area contributed by atoms with Gasteiger partial charge in [0, 0.05) is 16.5 Å². The van der Waals surface area contributed by atoms with Crippen LogP contribution in [0.5, 0.6) is 5.75 Å². The summed E-state index contributed by atoms with van der Waals surface area (Å²) in [7, 11) is 1.50. The van der Waals surface area contributed by atoms with E-state index in [0.29, 0.717) is 16.6 Å². The number of alkyl halides is 1. The number of carbonyl (C=O) groups excluding carboxylic acids is 1. The zero-order valence-corrected chi connectivity index (χ0v) is 11.3. The molecule has 0 atom stereocenters. The Morgan fingerprint density at radius 1 is 1.41 bits per heavy atom. The number of methoxy groups -OCH3 is 1. The molecule has 0 aliphatic carbocycles. The summed E-state index contributed by atoms with van der Waals surface area (Å²) in [6.07, 6.45) is -0.0864. The molecular weight excluding hydrogens is 291 g/mol. The van der Waals surface area contributed by atoms with Crippen LogP contribution in [0.25, 0.3) is 0 Å². The van der Waals surface area contributed by atoms with Crippen LogP contribution < -0.4 is 4.74 Å². The Kier molecular flexibility index (Phi) is 5.41. The Hall–Kier alpha value is -1.10. The first-order chi connectivity index (χ1) is 8.12. The molecule has 0 saturated carbocycles. The van der Waals surface area contributed by atoms with Crippen molar-refractivity contribution >= 4 is 21.9 Å². The van der Waals surface area contributed by atoms with Gasteiger partial charge in [-0.2, -0.15) is 0 Å². The van der Waals surface area contributed by atoms with Gasteiger partial charge in [0.05, 0.1) is 20.1 Å². The second-order valence-electron chi connectivity index (χ2n) is 3.38. The van der Waals surface area contributed by atoms with Crippen LogP contribution in [0.15, 0.2) is 12.1 Å². The second kappa shape index (κ2) is 6.59. The van der Waals surface area contributed by atoms with E-state index in [9.17, 15) is 9.18 Å². The maximum atomic E-state index is 13.9. The lowest BCUT2D eigenvalue weighted by Crippen LogP contribution is -2.10. The largest absolute Gasteiger partial charge is 0.497 e. The lowest BCUT2D eigenvalue weighted by atomic mass is 10.1. The molecule has 0 amide bonds. The molecule has 0 saturated heterocycles. The third-order valence-corrected chi connectivity index (χ3v) is 2.82. The number of hydrogen-bond donors (Lipinski definition) is 0. The Bertz CT molecular complexity index is 407. The summed E-state index contributed by atoms with van der Waals surface area (Å²) >= 11 is 3.19. The highest BCUT2D eigenvalue weighted by Gasteiger charge is 2.14. The van der Waals surface area contributed by atoms with E-state index in [0.717, 1.165) is 0 Å². The van der Waals surface area contributed by atoms with Crippen LogP contribution in [0, 0.1) is 5.82 Å². The van der Waals surface area contributed by atoms with Crippen molar-refractivity contribution in [2.45, 2.75) is 18.7 Å². The van der Waals surface area contributed by atoms with Crippen molar-refractivity contribution in [2.24, 2.45) is 0 Å². The quantitative estimate of drug-likeness (QED) is 0.620. The molecule has 1 aromatic carbocycles. The van der Waals surface area contributed by atoms with Gasteiger partial charge < -0.3 is 9.47 Å². The van der Waals surface area contributed by atoms with Crippen LogP contribution in [0.4, 0.5) is 4.39 Å². The Labute approximate surface area is 108 Å². The van der Waals surface area contributed by atoms with Crippen LogP contribution in [0.2, 0.25) is 0 Å². The first-order valence-corrected chi connectivity index (χ1v) is 6.31. The predicted molar refractivity (Wildman–Crippen MR) is 65.9 cm³/mol. The van der Waals surface area contributed by atoms with Crippen LogP contribution in [-0.2, 0) is 21.3 Å². The fourth-order valence-electron chi connectivity index (χ4n) is 1.43. The molecule has 0 N–H and O–H groups in total. The SMILES string of the molecule is CCOC(=O)Cc1cc(OC)cc(CBr)c1F. The molecule has 0 fully saturated rings. The second-order valence-corrected chi connectivity index (χ2v) is 3.94. The molecule has 0 radical (unpaired) electrons. The fraction of sp³-hybridized carbons (Fsp3) is 0.417. The topological polar surface area (TPSA) is 35.5 Å². The number of ether oxygens (including phenoxy) is 2. The number of benzene rings is 1. The summed E-state index contributed by atoms with van der Waals surface area (Å²) in [5.74, 6) is -0.309. The van der Waals surface area contributed by atoms with Crippen LogP contribution in [0.1, 0.15) is 18.1 Å². The highest BCUT2D eigenvalue weighted by molar-refractivity contribution is 9.08. The highest BCUT2D eigenvalue weighted by atomic mass is 79.9. The summed E-state index contributed by atoms with van der Waals surface area (Å²) in [6, 6.07) is 3.11. The molecule has 94 valence electrons. The minimum Gasteiger partial charge on any atom is -0.497 e. The third kappa shape index (κ3) is 3.70. The van der Waals surface area contributed by atoms with Crippen LogP contribution >= 0.6 is 15.9 Å². The predicted octanol–water partition coefficient (Wildman–Crippen LogP) is 2.83. The number of carbonyl (C=O) groups is 1. The van der Waals surface area contributed by atoms with E-state index in [1.165, 1.54) is 13.2 Å². The van der Waals surface area contributed by atoms with E-state index in [1.807, 2.05) is 0 Å². The minimum atomic E-state index is -0.444. The number of rotatable bonds is 5. The normalized spacial score (nSPS) is 10.1. The molecule has 0 spiro atoms. The van der Waals surface area contributed by atoms with Crippen molar-refractivity contribution in [1.29, 1.82) is 0 Å². The van der Waals surface area contributed by atoms with E-state index < -0.39 is 11.8 Å². The van der Waals surface area contributed by atoms with Crippen molar-refractivity contribution in [3.63, 3.8) is 0 Å². The van der Waals surface area contributed by atoms with Gasteiger partial charge in [-0.3, -0.25) is 4.79 Å². The van der Waals surface area contributed by atoms with Gasteiger partial charge in [-0.05, 0) is 19.1 Å². The molecule has 1 aromatic rings. The van der Waals surface area contributed by atoms with Gasteiger partial charge >= 0.3 is 5.97 Å². The van der Waals surface area contributed by atoms with Crippen molar-refractivity contribution in [2.75, 3.05) is 13.7 Å².